The molecule has 96 valence electrons. The van der Waals surface area contributed by atoms with Crippen LogP contribution in [0.15, 0.2) is 4.52 Å². The zero-order valence-corrected chi connectivity index (χ0v) is 10.5. The van der Waals surface area contributed by atoms with Crippen molar-refractivity contribution in [2.45, 2.75) is 45.1 Å². The summed E-state index contributed by atoms with van der Waals surface area (Å²) in [6.07, 6.45) is 1.27. The molecular weight excluding hydrogens is 222 g/mol. The number of nitrogens with zero attached hydrogens (tertiary/aromatic N) is 2. The summed E-state index contributed by atoms with van der Waals surface area (Å²) in [5.41, 5.74) is 0. The van der Waals surface area contributed by atoms with Crippen molar-refractivity contribution in [3.05, 3.63) is 11.7 Å². The maximum Gasteiger partial charge on any atom is 0.240 e. The van der Waals surface area contributed by atoms with Crippen LogP contribution in [-0.2, 0) is 16.0 Å². The largest absolute Gasteiger partial charge is 0.377 e. The lowest BCUT2D eigenvalue weighted by molar-refractivity contribution is -0.131. The highest BCUT2D eigenvalue weighted by molar-refractivity contribution is 4.98. The van der Waals surface area contributed by atoms with Crippen molar-refractivity contribution in [2.24, 2.45) is 0 Å². The van der Waals surface area contributed by atoms with E-state index in [-0.39, 0.29) is 12.2 Å². The molecule has 1 aliphatic rings. The van der Waals surface area contributed by atoms with Crippen LogP contribution < -0.4 is 5.32 Å². The molecule has 17 heavy (non-hydrogen) atoms. The highest BCUT2D eigenvalue weighted by Gasteiger charge is 2.41. The number of hydrogen-bond donors (Lipinski definition) is 1. The Morgan fingerprint density at radius 1 is 1.53 bits per heavy atom. The summed E-state index contributed by atoms with van der Waals surface area (Å²) in [7, 11) is 1.71. The number of aromatic nitrogens is 2. The van der Waals surface area contributed by atoms with E-state index in [0.29, 0.717) is 24.3 Å². The van der Waals surface area contributed by atoms with Gasteiger partial charge in [-0.1, -0.05) is 5.16 Å². The molecule has 0 spiro atoms. The van der Waals surface area contributed by atoms with E-state index in [1.807, 2.05) is 6.92 Å². The first-order valence-electron chi connectivity index (χ1n) is 5.91. The first-order chi connectivity index (χ1) is 8.24. The fraction of sp³-hybridized carbons (Fsp3) is 0.818. The van der Waals surface area contributed by atoms with Crippen molar-refractivity contribution in [2.75, 3.05) is 13.7 Å². The lowest BCUT2D eigenvalue weighted by Crippen LogP contribution is -2.59. The Morgan fingerprint density at radius 3 is 2.94 bits per heavy atom. The van der Waals surface area contributed by atoms with Crippen LogP contribution in [0.5, 0.6) is 0 Å². The van der Waals surface area contributed by atoms with E-state index in [2.05, 4.69) is 15.5 Å². The lowest BCUT2D eigenvalue weighted by Gasteiger charge is -2.43. The van der Waals surface area contributed by atoms with Crippen molar-refractivity contribution < 1.29 is 14.0 Å². The molecular formula is C11H19N3O3. The smallest absolute Gasteiger partial charge is 0.240 e. The van der Waals surface area contributed by atoms with Gasteiger partial charge in [0.25, 0.3) is 0 Å². The monoisotopic (exact) mass is 241 g/mol. The molecule has 1 fully saturated rings. The molecule has 0 radical (unpaired) electrons. The Labute approximate surface area is 101 Å². The third kappa shape index (κ3) is 2.83. The molecule has 0 aliphatic heterocycles. The predicted molar refractivity (Wildman–Crippen MR) is 60.5 cm³/mol. The minimum Gasteiger partial charge on any atom is -0.377 e. The number of rotatable bonds is 6. The van der Waals surface area contributed by atoms with Gasteiger partial charge >= 0.3 is 0 Å². The fourth-order valence-electron chi connectivity index (χ4n) is 2.10. The van der Waals surface area contributed by atoms with Gasteiger partial charge in [-0.15, -0.1) is 0 Å². The molecule has 0 saturated heterocycles. The SMILES string of the molecule is CCOC1CC(NCc2nc(C)no2)C1OC. The van der Waals surface area contributed by atoms with E-state index in [1.165, 1.54) is 0 Å². The number of nitrogens with one attached hydrogen (secondary N) is 1. The van der Waals surface area contributed by atoms with Crippen molar-refractivity contribution in [3.63, 3.8) is 0 Å². The Morgan fingerprint density at radius 2 is 2.35 bits per heavy atom. The summed E-state index contributed by atoms with van der Waals surface area (Å²) in [4.78, 5) is 4.13. The third-order valence-corrected chi connectivity index (χ3v) is 2.99. The summed E-state index contributed by atoms with van der Waals surface area (Å²) in [6, 6.07) is 0.295. The standard InChI is InChI=1S/C11H19N3O3/c1-4-16-9-5-8(11(9)15-3)12-6-10-13-7(2)14-17-10/h8-9,11-12H,4-6H2,1-3H3. The molecule has 1 saturated carbocycles. The normalized spacial score (nSPS) is 28.1. The van der Waals surface area contributed by atoms with Crippen LogP contribution in [0.2, 0.25) is 0 Å². The van der Waals surface area contributed by atoms with Gasteiger partial charge < -0.3 is 19.3 Å². The lowest BCUT2D eigenvalue weighted by atomic mass is 9.85. The fourth-order valence-corrected chi connectivity index (χ4v) is 2.10. The first-order valence-corrected chi connectivity index (χ1v) is 5.91. The predicted octanol–water partition coefficient (Wildman–Crippen LogP) is 0.660. The second kappa shape index (κ2) is 5.57. The minimum absolute atomic E-state index is 0.110. The van der Waals surface area contributed by atoms with E-state index in [4.69, 9.17) is 14.0 Å². The van der Waals surface area contributed by atoms with Gasteiger partial charge in [0.05, 0.1) is 18.8 Å². The summed E-state index contributed by atoms with van der Waals surface area (Å²) in [5, 5.41) is 7.08. The van der Waals surface area contributed by atoms with E-state index < -0.39 is 0 Å². The van der Waals surface area contributed by atoms with Crippen molar-refractivity contribution in [1.29, 1.82) is 0 Å². The van der Waals surface area contributed by atoms with E-state index in [9.17, 15) is 0 Å². The number of aryl methyl sites for hydroxylation is 1. The van der Waals surface area contributed by atoms with Gasteiger partial charge in [0, 0.05) is 19.8 Å². The Hall–Kier alpha value is -0.980. The van der Waals surface area contributed by atoms with Gasteiger partial charge in [0.1, 0.15) is 0 Å². The number of hydrogen-bond acceptors (Lipinski definition) is 6. The molecule has 0 bridgehead atoms. The molecule has 0 aromatic carbocycles. The van der Waals surface area contributed by atoms with Crippen LogP contribution in [0.25, 0.3) is 0 Å². The third-order valence-electron chi connectivity index (χ3n) is 2.99. The van der Waals surface area contributed by atoms with Gasteiger partial charge in [0.15, 0.2) is 5.82 Å². The molecule has 0 amide bonds. The van der Waals surface area contributed by atoms with Crippen LogP contribution in [0, 0.1) is 6.92 Å². The van der Waals surface area contributed by atoms with E-state index >= 15 is 0 Å². The van der Waals surface area contributed by atoms with Gasteiger partial charge in [-0.2, -0.15) is 4.98 Å². The maximum absolute atomic E-state index is 5.55. The Balaban J connectivity index is 1.77. The molecule has 3 unspecified atom stereocenters. The average Bonchev–Trinajstić information content (AvgIpc) is 2.69. The van der Waals surface area contributed by atoms with E-state index in [1.54, 1.807) is 14.0 Å². The van der Waals surface area contributed by atoms with Gasteiger partial charge in [0.2, 0.25) is 5.89 Å². The highest BCUT2D eigenvalue weighted by atomic mass is 16.5. The van der Waals surface area contributed by atoms with Gasteiger partial charge in [-0.25, -0.2) is 0 Å². The Bertz CT molecular complexity index is 355. The molecule has 1 aromatic heterocycles. The quantitative estimate of drug-likeness (QED) is 0.789. The number of methoxy groups -OCH3 is 1. The Kier molecular flexibility index (Phi) is 4.09. The van der Waals surface area contributed by atoms with Crippen LogP contribution in [0.4, 0.5) is 0 Å². The maximum atomic E-state index is 5.55. The zero-order valence-electron chi connectivity index (χ0n) is 10.5. The van der Waals surface area contributed by atoms with Crippen molar-refractivity contribution in [1.82, 2.24) is 15.5 Å². The van der Waals surface area contributed by atoms with Crippen LogP contribution >= 0.6 is 0 Å². The molecule has 1 heterocycles. The topological polar surface area (TPSA) is 69.4 Å². The molecule has 6 nitrogen and oxygen atoms in total. The molecule has 1 aromatic rings. The second-order valence-corrected chi connectivity index (χ2v) is 4.15. The van der Waals surface area contributed by atoms with E-state index in [0.717, 1.165) is 13.0 Å². The first kappa shape index (κ1) is 12.5. The van der Waals surface area contributed by atoms with Crippen LogP contribution in [0.3, 0.4) is 0 Å². The summed E-state index contributed by atoms with van der Waals surface area (Å²) >= 11 is 0. The van der Waals surface area contributed by atoms with Crippen LogP contribution in [-0.4, -0.2) is 42.1 Å². The molecule has 2 rings (SSSR count). The highest BCUT2D eigenvalue weighted by Crippen LogP contribution is 2.27. The molecule has 1 N–H and O–H groups in total. The summed E-state index contributed by atoms with van der Waals surface area (Å²) < 4.78 is 16.0. The average molecular weight is 241 g/mol. The summed E-state index contributed by atoms with van der Waals surface area (Å²) in [6.45, 7) is 5.10. The van der Waals surface area contributed by atoms with Crippen LogP contribution in [0.1, 0.15) is 25.1 Å². The summed E-state index contributed by atoms with van der Waals surface area (Å²) in [5.74, 6) is 1.27. The minimum atomic E-state index is 0.110. The molecule has 3 atom stereocenters. The van der Waals surface area contributed by atoms with Crippen molar-refractivity contribution in [3.8, 4) is 0 Å². The zero-order chi connectivity index (χ0) is 12.3. The second-order valence-electron chi connectivity index (χ2n) is 4.15. The number of ether oxygens (including phenoxy) is 2. The van der Waals surface area contributed by atoms with Gasteiger partial charge in [-0.05, 0) is 20.3 Å². The van der Waals surface area contributed by atoms with Crippen molar-refractivity contribution >= 4 is 0 Å². The van der Waals surface area contributed by atoms with Gasteiger partial charge in [-0.3, -0.25) is 0 Å². The molecule has 1 aliphatic carbocycles. The molecule has 6 heteroatoms.